The van der Waals surface area contributed by atoms with Crippen LogP contribution in [0.15, 0.2) is 90.0 Å². The fourth-order valence-corrected chi connectivity index (χ4v) is 4.04. The lowest BCUT2D eigenvalue weighted by molar-refractivity contribution is 0.0728. The van der Waals surface area contributed by atoms with Crippen molar-refractivity contribution in [1.29, 1.82) is 0 Å². The molecule has 0 atom stereocenters. The van der Waals surface area contributed by atoms with E-state index in [1.165, 1.54) is 25.5 Å². The third-order valence-electron chi connectivity index (χ3n) is 5.96. The molecule has 0 spiro atoms. The molecular weight excluding hydrogens is 574 g/mol. The Hall–Kier alpha value is -5.35. The summed E-state index contributed by atoms with van der Waals surface area (Å²) in [7, 11) is 3.00. The van der Waals surface area contributed by atoms with Crippen LogP contribution in [0.3, 0.4) is 0 Å². The van der Waals surface area contributed by atoms with E-state index >= 15 is 0 Å². The fraction of sp³-hybridized carbons (Fsp3) is 0.125. The van der Waals surface area contributed by atoms with E-state index in [2.05, 4.69) is 15.8 Å². The minimum atomic E-state index is -0.553. The highest BCUT2D eigenvalue weighted by molar-refractivity contribution is 6.31. The van der Waals surface area contributed by atoms with Gasteiger partial charge in [0.15, 0.2) is 11.5 Å². The van der Waals surface area contributed by atoms with Gasteiger partial charge in [0.05, 0.1) is 38.2 Å². The Kier molecular flexibility index (Phi) is 10.3. The summed E-state index contributed by atoms with van der Waals surface area (Å²) in [5, 5.41) is 7.15. The Morgan fingerprint density at radius 1 is 0.814 bits per heavy atom. The van der Waals surface area contributed by atoms with Crippen molar-refractivity contribution in [3.8, 4) is 23.0 Å². The first-order valence-electron chi connectivity index (χ1n) is 13.0. The Bertz CT molecular complexity index is 1660. The number of benzene rings is 4. The van der Waals surface area contributed by atoms with Gasteiger partial charge in [0.25, 0.3) is 11.8 Å². The van der Waals surface area contributed by atoms with Gasteiger partial charge in [0.1, 0.15) is 11.5 Å². The van der Waals surface area contributed by atoms with Gasteiger partial charge in [0.2, 0.25) is 0 Å². The second kappa shape index (κ2) is 14.5. The van der Waals surface area contributed by atoms with Gasteiger partial charge in [-0.15, -0.1) is 0 Å². The van der Waals surface area contributed by atoms with E-state index in [0.29, 0.717) is 45.7 Å². The smallest absolute Gasteiger partial charge is 0.343 e. The van der Waals surface area contributed by atoms with Crippen molar-refractivity contribution >= 4 is 41.3 Å². The molecule has 0 aliphatic carbocycles. The molecule has 43 heavy (non-hydrogen) atoms. The Morgan fingerprint density at radius 2 is 1.58 bits per heavy atom. The normalized spacial score (nSPS) is 10.6. The van der Waals surface area contributed by atoms with Crippen LogP contribution in [0.25, 0.3) is 0 Å². The van der Waals surface area contributed by atoms with Gasteiger partial charge in [0, 0.05) is 16.3 Å². The van der Waals surface area contributed by atoms with Gasteiger partial charge in [-0.1, -0.05) is 17.7 Å². The standard InChI is InChI=1S/C32H28ClN3O7/c1-4-42-29-16-20(8-14-28(29)43-32(39)21-9-12-25(40-2)13-10-21)19-34-36-30(37)22-6-5-7-24(17-22)35-31(38)26-18-23(33)11-15-27(26)41-3/h5-19H,4H2,1-3H3,(H,35,38)(H,36,37). The highest BCUT2D eigenvalue weighted by Crippen LogP contribution is 2.29. The molecule has 0 heterocycles. The number of carbonyl (C=O) groups excluding carboxylic acids is 3. The summed E-state index contributed by atoms with van der Waals surface area (Å²) >= 11 is 6.03. The maximum absolute atomic E-state index is 12.8. The van der Waals surface area contributed by atoms with Crippen LogP contribution >= 0.6 is 11.6 Å². The molecule has 10 nitrogen and oxygen atoms in total. The highest BCUT2D eigenvalue weighted by atomic mass is 35.5. The van der Waals surface area contributed by atoms with Gasteiger partial charge in [-0.05, 0) is 91.3 Å². The molecule has 0 aliphatic heterocycles. The average Bonchev–Trinajstić information content (AvgIpc) is 3.02. The zero-order valence-electron chi connectivity index (χ0n) is 23.6. The number of hydrogen-bond donors (Lipinski definition) is 2. The fourth-order valence-electron chi connectivity index (χ4n) is 3.87. The summed E-state index contributed by atoms with van der Waals surface area (Å²) in [4.78, 5) is 38.1. The molecule has 0 saturated carbocycles. The predicted molar refractivity (Wildman–Crippen MR) is 163 cm³/mol. The first-order valence-corrected chi connectivity index (χ1v) is 13.4. The topological polar surface area (TPSA) is 125 Å². The molecule has 4 aromatic carbocycles. The van der Waals surface area contributed by atoms with Gasteiger partial charge in [-0.3, -0.25) is 9.59 Å². The van der Waals surface area contributed by atoms with Gasteiger partial charge < -0.3 is 24.3 Å². The zero-order chi connectivity index (χ0) is 30.8. The second-order valence-electron chi connectivity index (χ2n) is 8.84. The minimum absolute atomic E-state index is 0.234. The number of amides is 2. The van der Waals surface area contributed by atoms with E-state index in [9.17, 15) is 14.4 Å². The lowest BCUT2D eigenvalue weighted by Crippen LogP contribution is -2.18. The van der Waals surface area contributed by atoms with Crippen molar-refractivity contribution < 1.29 is 33.3 Å². The highest BCUT2D eigenvalue weighted by Gasteiger charge is 2.15. The van der Waals surface area contributed by atoms with Crippen LogP contribution in [0.5, 0.6) is 23.0 Å². The number of nitrogens with one attached hydrogen (secondary N) is 2. The van der Waals surface area contributed by atoms with Crippen LogP contribution in [0.4, 0.5) is 5.69 Å². The largest absolute Gasteiger partial charge is 0.497 e. The molecule has 11 heteroatoms. The first kappa shape index (κ1) is 30.6. The maximum Gasteiger partial charge on any atom is 0.343 e. The summed E-state index contributed by atoms with van der Waals surface area (Å²) in [5.74, 6) is 0.0542. The Balaban J connectivity index is 1.40. The molecule has 2 amide bonds. The van der Waals surface area contributed by atoms with Crippen molar-refractivity contribution in [2.75, 3.05) is 26.1 Å². The molecule has 0 aromatic heterocycles. The van der Waals surface area contributed by atoms with Gasteiger partial charge >= 0.3 is 5.97 Å². The first-order chi connectivity index (χ1) is 20.8. The molecule has 0 saturated heterocycles. The summed E-state index contributed by atoms with van der Waals surface area (Å²) in [6.07, 6.45) is 1.42. The number of anilines is 1. The van der Waals surface area contributed by atoms with Gasteiger partial charge in [-0.25, -0.2) is 10.2 Å². The molecule has 220 valence electrons. The Labute approximate surface area is 253 Å². The SMILES string of the molecule is CCOc1cc(C=NNC(=O)c2cccc(NC(=O)c3cc(Cl)ccc3OC)c2)ccc1OC(=O)c1ccc(OC)cc1. The van der Waals surface area contributed by atoms with Crippen molar-refractivity contribution in [3.05, 3.63) is 112 Å². The number of hydrazone groups is 1. The zero-order valence-corrected chi connectivity index (χ0v) is 24.3. The molecule has 4 aromatic rings. The van der Waals surface area contributed by atoms with Crippen LogP contribution < -0.4 is 29.7 Å². The summed E-state index contributed by atoms with van der Waals surface area (Å²) in [6, 6.07) is 22.5. The van der Waals surface area contributed by atoms with E-state index in [0.717, 1.165) is 0 Å². The number of nitrogens with zero attached hydrogens (tertiary/aromatic N) is 1. The van der Waals surface area contributed by atoms with E-state index in [-0.39, 0.29) is 16.9 Å². The summed E-state index contributed by atoms with van der Waals surface area (Å²) < 4.78 is 21.5. The third kappa shape index (κ3) is 8.11. The lowest BCUT2D eigenvalue weighted by atomic mass is 10.1. The van der Waals surface area contributed by atoms with E-state index < -0.39 is 17.8 Å². The number of ether oxygens (including phenoxy) is 4. The number of esters is 1. The van der Waals surface area contributed by atoms with Gasteiger partial charge in [-0.2, -0.15) is 5.10 Å². The maximum atomic E-state index is 12.8. The molecular formula is C32H28ClN3O7. The second-order valence-corrected chi connectivity index (χ2v) is 9.27. The quantitative estimate of drug-likeness (QED) is 0.0936. The summed E-state index contributed by atoms with van der Waals surface area (Å²) in [6.45, 7) is 2.14. The predicted octanol–water partition coefficient (Wildman–Crippen LogP) is 5.99. The molecule has 0 fully saturated rings. The van der Waals surface area contributed by atoms with Crippen LogP contribution in [-0.4, -0.2) is 44.8 Å². The minimum Gasteiger partial charge on any atom is -0.497 e. The molecule has 0 bridgehead atoms. The Morgan fingerprint density at radius 3 is 2.30 bits per heavy atom. The van der Waals surface area contributed by atoms with Crippen LogP contribution in [-0.2, 0) is 0 Å². The summed E-state index contributed by atoms with van der Waals surface area (Å²) in [5.41, 5.74) is 4.31. The number of halogens is 1. The van der Waals surface area contributed by atoms with Crippen LogP contribution in [0.2, 0.25) is 5.02 Å². The monoisotopic (exact) mass is 601 g/mol. The van der Waals surface area contributed by atoms with Crippen LogP contribution in [0, 0.1) is 0 Å². The van der Waals surface area contributed by atoms with Crippen molar-refractivity contribution in [3.63, 3.8) is 0 Å². The van der Waals surface area contributed by atoms with E-state index in [4.69, 9.17) is 30.5 Å². The van der Waals surface area contributed by atoms with E-state index in [1.807, 2.05) is 0 Å². The van der Waals surface area contributed by atoms with Crippen molar-refractivity contribution in [2.45, 2.75) is 6.92 Å². The van der Waals surface area contributed by atoms with E-state index in [1.54, 1.807) is 86.8 Å². The number of methoxy groups -OCH3 is 2. The molecule has 2 N–H and O–H groups in total. The number of carbonyl (C=O) groups is 3. The van der Waals surface area contributed by atoms with Crippen molar-refractivity contribution in [2.24, 2.45) is 5.10 Å². The van der Waals surface area contributed by atoms with Crippen LogP contribution in [0.1, 0.15) is 43.6 Å². The number of hydrogen-bond acceptors (Lipinski definition) is 8. The third-order valence-corrected chi connectivity index (χ3v) is 6.20. The molecule has 0 aliphatic rings. The molecule has 4 rings (SSSR count). The molecule has 0 radical (unpaired) electrons. The lowest BCUT2D eigenvalue weighted by Gasteiger charge is -2.11. The van der Waals surface area contributed by atoms with Crippen molar-refractivity contribution in [1.82, 2.24) is 5.43 Å². The average molecular weight is 602 g/mol. The number of rotatable bonds is 11. The molecule has 0 unspecified atom stereocenters.